The van der Waals surface area contributed by atoms with Crippen molar-refractivity contribution in [3.8, 4) is 11.1 Å². The molecule has 3 aromatic rings. The monoisotopic (exact) mass is 462 g/mol. The van der Waals surface area contributed by atoms with Gasteiger partial charge < -0.3 is 21.7 Å². The Morgan fingerprint density at radius 2 is 1.88 bits per heavy atom. The molecule has 1 aromatic carbocycles. The van der Waals surface area contributed by atoms with Crippen molar-refractivity contribution >= 4 is 23.0 Å². The van der Waals surface area contributed by atoms with Crippen LogP contribution in [0.1, 0.15) is 56.5 Å². The molecule has 2 amide bonds. The molecule has 1 unspecified atom stereocenters. The maximum atomic E-state index is 12.3. The molecule has 2 heterocycles. The molecular formula is C26H34N6O2. The first-order chi connectivity index (χ1) is 16.1. The summed E-state index contributed by atoms with van der Waals surface area (Å²) in [6.07, 6.45) is 5.49. The Kier molecular flexibility index (Phi) is 6.12. The number of primary amides is 1. The van der Waals surface area contributed by atoms with Crippen LogP contribution in [0.2, 0.25) is 0 Å². The number of benzene rings is 1. The fourth-order valence-corrected chi connectivity index (χ4v) is 4.97. The van der Waals surface area contributed by atoms with Gasteiger partial charge in [0.05, 0.1) is 23.0 Å². The molecule has 8 heteroatoms. The number of rotatable bonds is 7. The van der Waals surface area contributed by atoms with Crippen molar-refractivity contribution in [2.24, 2.45) is 11.1 Å². The van der Waals surface area contributed by atoms with Crippen molar-refractivity contribution in [2.75, 3.05) is 12.4 Å². The summed E-state index contributed by atoms with van der Waals surface area (Å²) in [7, 11) is 2.00. The minimum atomic E-state index is -0.505. The second-order valence-electron chi connectivity index (χ2n) is 10.0. The Morgan fingerprint density at radius 1 is 1.18 bits per heavy atom. The molecule has 1 aliphatic carbocycles. The minimum Gasteiger partial charge on any atom is -0.379 e. The smallest absolute Gasteiger partial charge is 0.252 e. The van der Waals surface area contributed by atoms with E-state index in [1.807, 2.05) is 43.6 Å². The van der Waals surface area contributed by atoms with Crippen LogP contribution in [0.4, 0.5) is 5.69 Å². The molecule has 0 aliphatic heterocycles. The Hall–Kier alpha value is -3.39. The zero-order valence-electron chi connectivity index (χ0n) is 20.5. The SMILES string of the molecule is CNC1(C)CC[C@@H](Nc2c(C(N)=O)cnn3cc(-c4ccc(CNC(C)=O)cc4)cc23)C1(C)C. The third-order valence-corrected chi connectivity index (χ3v) is 7.83. The van der Waals surface area contributed by atoms with E-state index in [1.165, 1.54) is 13.1 Å². The molecular weight excluding hydrogens is 428 g/mol. The van der Waals surface area contributed by atoms with Crippen LogP contribution in [0.5, 0.6) is 0 Å². The molecule has 0 saturated heterocycles. The quantitative estimate of drug-likeness (QED) is 0.430. The first-order valence-electron chi connectivity index (χ1n) is 11.7. The molecule has 2 atom stereocenters. The summed E-state index contributed by atoms with van der Waals surface area (Å²) in [6.45, 7) is 8.75. The number of hydrogen-bond donors (Lipinski definition) is 4. The van der Waals surface area contributed by atoms with Gasteiger partial charge in [-0.15, -0.1) is 0 Å². The highest BCUT2D eigenvalue weighted by atomic mass is 16.1. The lowest BCUT2D eigenvalue weighted by Gasteiger charge is -2.42. The van der Waals surface area contributed by atoms with Crippen LogP contribution in [0, 0.1) is 5.41 Å². The van der Waals surface area contributed by atoms with Crippen molar-refractivity contribution in [3.05, 3.63) is 53.9 Å². The summed E-state index contributed by atoms with van der Waals surface area (Å²) in [5.41, 5.74) is 10.6. The lowest BCUT2D eigenvalue weighted by molar-refractivity contribution is -0.119. The molecule has 4 rings (SSSR count). The van der Waals surface area contributed by atoms with E-state index in [4.69, 9.17) is 5.73 Å². The van der Waals surface area contributed by atoms with Crippen molar-refractivity contribution in [3.63, 3.8) is 0 Å². The van der Waals surface area contributed by atoms with Gasteiger partial charge in [0.15, 0.2) is 0 Å². The van der Waals surface area contributed by atoms with E-state index in [2.05, 4.69) is 41.8 Å². The van der Waals surface area contributed by atoms with Crippen LogP contribution in [0.25, 0.3) is 16.6 Å². The van der Waals surface area contributed by atoms with Crippen molar-refractivity contribution < 1.29 is 9.59 Å². The average Bonchev–Trinajstić information content (AvgIpc) is 3.33. The Morgan fingerprint density at radius 3 is 2.47 bits per heavy atom. The second-order valence-corrected chi connectivity index (χ2v) is 10.0. The van der Waals surface area contributed by atoms with Gasteiger partial charge in [-0.2, -0.15) is 5.10 Å². The van der Waals surface area contributed by atoms with Crippen LogP contribution < -0.4 is 21.7 Å². The van der Waals surface area contributed by atoms with Gasteiger partial charge in [-0.1, -0.05) is 38.1 Å². The highest BCUT2D eigenvalue weighted by Gasteiger charge is 2.51. The zero-order valence-corrected chi connectivity index (χ0v) is 20.5. The van der Waals surface area contributed by atoms with E-state index in [-0.39, 0.29) is 22.9 Å². The molecule has 2 aromatic heterocycles. The number of nitrogens with zero attached hydrogens (tertiary/aromatic N) is 2. The van der Waals surface area contributed by atoms with E-state index in [0.717, 1.165) is 40.7 Å². The normalized spacial score (nSPS) is 21.5. The van der Waals surface area contributed by atoms with Gasteiger partial charge in [-0.3, -0.25) is 9.59 Å². The zero-order chi connectivity index (χ0) is 24.7. The average molecular weight is 463 g/mol. The Balaban J connectivity index is 1.70. The number of carbonyl (C=O) groups excluding carboxylic acids is 2. The van der Waals surface area contributed by atoms with Crippen molar-refractivity contribution in [2.45, 2.75) is 58.7 Å². The third-order valence-electron chi connectivity index (χ3n) is 7.83. The molecule has 180 valence electrons. The molecule has 8 nitrogen and oxygen atoms in total. The van der Waals surface area contributed by atoms with Crippen LogP contribution in [-0.2, 0) is 11.3 Å². The predicted octanol–water partition coefficient (Wildman–Crippen LogP) is 3.31. The lowest BCUT2D eigenvalue weighted by Crippen LogP contribution is -2.53. The van der Waals surface area contributed by atoms with Gasteiger partial charge in [0.1, 0.15) is 0 Å². The van der Waals surface area contributed by atoms with Gasteiger partial charge in [0, 0.05) is 42.2 Å². The minimum absolute atomic E-state index is 0.0208. The van der Waals surface area contributed by atoms with Crippen LogP contribution >= 0.6 is 0 Å². The number of nitrogens with two attached hydrogens (primary N) is 1. The van der Waals surface area contributed by atoms with E-state index < -0.39 is 5.91 Å². The molecule has 1 fully saturated rings. The van der Waals surface area contributed by atoms with Gasteiger partial charge >= 0.3 is 0 Å². The molecule has 1 saturated carbocycles. The summed E-state index contributed by atoms with van der Waals surface area (Å²) in [4.78, 5) is 23.5. The summed E-state index contributed by atoms with van der Waals surface area (Å²) in [6, 6.07) is 10.2. The number of fused-ring (bicyclic) bond motifs is 1. The Labute approximate surface area is 200 Å². The van der Waals surface area contributed by atoms with Crippen LogP contribution in [0.3, 0.4) is 0 Å². The molecule has 1 aliphatic rings. The van der Waals surface area contributed by atoms with Crippen LogP contribution in [0.15, 0.2) is 42.7 Å². The molecule has 0 spiro atoms. The van der Waals surface area contributed by atoms with E-state index in [0.29, 0.717) is 12.1 Å². The van der Waals surface area contributed by atoms with E-state index in [9.17, 15) is 9.59 Å². The second kappa shape index (κ2) is 8.76. The van der Waals surface area contributed by atoms with Crippen molar-refractivity contribution in [1.82, 2.24) is 20.2 Å². The molecule has 5 N–H and O–H groups in total. The largest absolute Gasteiger partial charge is 0.379 e. The van der Waals surface area contributed by atoms with E-state index in [1.54, 1.807) is 4.52 Å². The highest BCUT2D eigenvalue weighted by Crippen LogP contribution is 2.47. The number of hydrogen-bond acceptors (Lipinski definition) is 5. The first-order valence-corrected chi connectivity index (χ1v) is 11.7. The molecule has 34 heavy (non-hydrogen) atoms. The standard InChI is InChI=1S/C26H34N6O2/c1-16(33)29-13-17-6-8-18(9-7-17)19-12-21-23(20(24(27)34)14-30-32(21)15-19)31-22-10-11-26(4,28-5)25(22,2)3/h6-9,12,14-15,22,28,31H,10-11,13H2,1-5H3,(H2,27,34)(H,29,33)/t22-,26?/m1/s1. The fourth-order valence-electron chi connectivity index (χ4n) is 4.97. The Bertz CT molecular complexity index is 1230. The number of amides is 2. The number of carbonyl (C=O) groups is 2. The molecule has 0 radical (unpaired) electrons. The summed E-state index contributed by atoms with van der Waals surface area (Å²) < 4.78 is 1.79. The van der Waals surface area contributed by atoms with E-state index >= 15 is 0 Å². The van der Waals surface area contributed by atoms with Crippen molar-refractivity contribution in [1.29, 1.82) is 0 Å². The number of nitrogens with one attached hydrogen (secondary N) is 3. The van der Waals surface area contributed by atoms with Gasteiger partial charge in [-0.05, 0) is 44.0 Å². The predicted molar refractivity (Wildman–Crippen MR) is 135 cm³/mol. The van der Waals surface area contributed by atoms with Gasteiger partial charge in [-0.25, -0.2) is 4.52 Å². The third kappa shape index (κ3) is 4.14. The summed E-state index contributed by atoms with van der Waals surface area (Å²) >= 11 is 0. The summed E-state index contributed by atoms with van der Waals surface area (Å²) in [5, 5.41) is 14.4. The maximum Gasteiger partial charge on any atom is 0.252 e. The topological polar surface area (TPSA) is 114 Å². The highest BCUT2D eigenvalue weighted by molar-refractivity contribution is 6.02. The van der Waals surface area contributed by atoms with Gasteiger partial charge in [0.2, 0.25) is 5.91 Å². The summed E-state index contributed by atoms with van der Waals surface area (Å²) in [5.74, 6) is -0.561. The molecule has 0 bridgehead atoms. The fraction of sp³-hybridized carbons (Fsp3) is 0.423. The lowest BCUT2D eigenvalue weighted by atomic mass is 9.74. The number of anilines is 1. The van der Waals surface area contributed by atoms with Gasteiger partial charge in [0.25, 0.3) is 5.91 Å². The van der Waals surface area contributed by atoms with Crippen LogP contribution in [-0.4, -0.2) is 40.1 Å². The maximum absolute atomic E-state index is 12.3. The first kappa shape index (κ1) is 23.8. The number of aromatic nitrogens is 2.